The fraction of sp³-hybridized carbons (Fsp3) is 0.0435. The minimum atomic E-state index is -0.377. The van der Waals surface area contributed by atoms with Crippen LogP contribution < -0.4 is 10.2 Å². The fourth-order valence-corrected chi connectivity index (χ4v) is 3.31. The third-order valence-electron chi connectivity index (χ3n) is 4.47. The van der Waals surface area contributed by atoms with E-state index in [1.165, 1.54) is 0 Å². The van der Waals surface area contributed by atoms with Crippen LogP contribution >= 0.6 is 15.9 Å². The van der Waals surface area contributed by atoms with Gasteiger partial charge in [0, 0.05) is 21.7 Å². The quantitative estimate of drug-likeness (QED) is 0.400. The molecule has 0 unspecified atom stereocenters. The van der Waals surface area contributed by atoms with Crippen LogP contribution in [0, 0.1) is 0 Å². The van der Waals surface area contributed by atoms with E-state index in [9.17, 15) is 9.59 Å². The largest absolute Gasteiger partial charge is 0.497 e. The molecule has 0 aliphatic carbocycles. The molecule has 0 N–H and O–H groups in total. The Hall–Kier alpha value is -3.18. The van der Waals surface area contributed by atoms with Gasteiger partial charge < -0.3 is 9.15 Å². The summed E-state index contributed by atoms with van der Waals surface area (Å²) in [5.74, 6) is 0.443. The number of carbonyl (C=O) groups is 1. The molecule has 0 spiro atoms. The molecule has 0 saturated heterocycles. The Labute approximate surface area is 169 Å². The maximum atomic E-state index is 13.3. The molecule has 0 saturated carbocycles. The molecule has 1 heterocycles. The van der Waals surface area contributed by atoms with Crippen molar-refractivity contribution in [3.63, 3.8) is 0 Å². The van der Waals surface area contributed by atoms with Crippen molar-refractivity contribution in [2.45, 2.75) is 0 Å². The maximum absolute atomic E-state index is 13.3. The van der Waals surface area contributed by atoms with Crippen molar-refractivity contribution in [3.8, 4) is 17.1 Å². The Morgan fingerprint density at radius 3 is 2.36 bits per heavy atom. The van der Waals surface area contributed by atoms with Crippen LogP contribution in [0.1, 0.15) is 15.9 Å². The lowest BCUT2D eigenvalue weighted by Gasteiger charge is -2.10. The third-order valence-corrected chi connectivity index (χ3v) is 5.00. The molecular weight excluding hydrogens is 420 g/mol. The Bertz CT molecular complexity index is 1230. The van der Waals surface area contributed by atoms with Gasteiger partial charge in [0.1, 0.15) is 22.7 Å². The van der Waals surface area contributed by atoms with Gasteiger partial charge in [0.05, 0.1) is 12.5 Å². The molecule has 3 aromatic carbocycles. The highest BCUT2D eigenvalue weighted by atomic mass is 79.9. The van der Waals surface area contributed by atoms with Crippen LogP contribution in [0.4, 0.5) is 0 Å². The van der Waals surface area contributed by atoms with E-state index < -0.39 is 0 Å². The van der Waals surface area contributed by atoms with Crippen molar-refractivity contribution in [1.82, 2.24) is 0 Å². The zero-order valence-corrected chi connectivity index (χ0v) is 16.5. The Morgan fingerprint density at radius 1 is 0.964 bits per heavy atom. The normalized spacial score (nSPS) is 10.8. The van der Waals surface area contributed by atoms with Crippen LogP contribution in [0.15, 0.2) is 86.5 Å². The summed E-state index contributed by atoms with van der Waals surface area (Å²) in [5.41, 5.74) is 1.10. The van der Waals surface area contributed by atoms with Gasteiger partial charge in [0.25, 0.3) is 0 Å². The molecular formula is C23H15BrO4. The Morgan fingerprint density at radius 2 is 1.68 bits per heavy atom. The minimum Gasteiger partial charge on any atom is -0.497 e. The van der Waals surface area contributed by atoms with Gasteiger partial charge in [-0.05, 0) is 36.4 Å². The average molecular weight is 435 g/mol. The van der Waals surface area contributed by atoms with E-state index in [1.807, 2.05) is 30.3 Å². The lowest BCUT2D eigenvalue weighted by Crippen LogP contribution is -2.18. The van der Waals surface area contributed by atoms with E-state index in [1.54, 1.807) is 49.6 Å². The summed E-state index contributed by atoms with van der Waals surface area (Å²) >= 11 is 3.36. The molecule has 0 fully saturated rings. The Kier molecular flexibility index (Phi) is 4.84. The monoisotopic (exact) mass is 434 g/mol. The number of hydrogen-bond donors (Lipinski definition) is 0. The highest BCUT2D eigenvalue weighted by molar-refractivity contribution is 9.10. The zero-order valence-electron chi connectivity index (χ0n) is 14.9. The first-order chi connectivity index (χ1) is 13.6. The van der Waals surface area contributed by atoms with E-state index in [2.05, 4.69) is 15.9 Å². The fourth-order valence-electron chi connectivity index (χ4n) is 3.05. The number of rotatable bonds is 4. The molecule has 4 nitrogen and oxygen atoms in total. The van der Waals surface area contributed by atoms with Crippen molar-refractivity contribution >= 4 is 32.7 Å². The smallest absolute Gasteiger partial charge is 0.204 e. The number of methoxy groups -OCH3 is 1. The number of carbonyl (C=O) groups excluding carboxylic acids is 1. The second kappa shape index (κ2) is 7.44. The SMILES string of the molecule is COc1ccc2c(=O)c(C(=O)c3ccc(Br)cc3)c(-c3ccccc3)oc2c1. The molecule has 4 rings (SSSR count). The van der Waals surface area contributed by atoms with Crippen molar-refractivity contribution in [1.29, 1.82) is 0 Å². The summed E-state index contributed by atoms with van der Waals surface area (Å²) in [6.45, 7) is 0. The van der Waals surface area contributed by atoms with Crippen LogP contribution in [0.3, 0.4) is 0 Å². The molecule has 0 amide bonds. The summed E-state index contributed by atoms with van der Waals surface area (Å²) in [7, 11) is 1.54. The highest BCUT2D eigenvalue weighted by Gasteiger charge is 2.23. The molecule has 4 aromatic rings. The van der Waals surface area contributed by atoms with Crippen molar-refractivity contribution in [2.75, 3.05) is 7.11 Å². The summed E-state index contributed by atoms with van der Waals surface area (Å²) in [4.78, 5) is 26.5. The van der Waals surface area contributed by atoms with Gasteiger partial charge in [-0.15, -0.1) is 0 Å². The predicted octanol–water partition coefficient (Wildman–Crippen LogP) is 5.46. The van der Waals surface area contributed by atoms with E-state index in [0.717, 1.165) is 4.47 Å². The summed E-state index contributed by atoms with van der Waals surface area (Å²) in [6, 6.07) is 21.0. The Balaban J connectivity index is 2.02. The van der Waals surface area contributed by atoms with Crippen LogP contribution in [0.2, 0.25) is 0 Å². The number of hydrogen-bond acceptors (Lipinski definition) is 4. The van der Waals surface area contributed by atoms with Crippen LogP contribution in [-0.4, -0.2) is 12.9 Å². The molecule has 1 aromatic heterocycles. The molecule has 28 heavy (non-hydrogen) atoms. The number of ketones is 1. The second-order valence-electron chi connectivity index (χ2n) is 6.20. The van der Waals surface area contributed by atoms with Crippen molar-refractivity contribution in [3.05, 3.63) is 98.6 Å². The molecule has 0 radical (unpaired) electrons. The summed E-state index contributed by atoms with van der Waals surface area (Å²) in [6.07, 6.45) is 0. The van der Waals surface area contributed by atoms with Gasteiger partial charge >= 0.3 is 0 Å². The minimum absolute atomic E-state index is 0.0196. The molecule has 0 bridgehead atoms. The summed E-state index contributed by atoms with van der Waals surface area (Å²) in [5, 5.41) is 0.334. The molecule has 0 atom stereocenters. The number of benzene rings is 3. The molecule has 0 aliphatic heterocycles. The lowest BCUT2D eigenvalue weighted by molar-refractivity contribution is 0.103. The van der Waals surface area contributed by atoms with Crippen molar-refractivity contribution in [2.24, 2.45) is 0 Å². The van der Waals surface area contributed by atoms with Crippen LogP contribution in [0.5, 0.6) is 5.75 Å². The predicted molar refractivity (Wildman–Crippen MR) is 112 cm³/mol. The van der Waals surface area contributed by atoms with E-state index >= 15 is 0 Å². The molecule has 138 valence electrons. The second-order valence-corrected chi connectivity index (χ2v) is 7.12. The first kappa shape index (κ1) is 18.2. The van der Waals surface area contributed by atoms with Gasteiger partial charge in [0.2, 0.25) is 11.2 Å². The van der Waals surface area contributed by atoms with E-state index in [-0.39, 0.29) is 22.5 Å². The molecule has 5 heteroatoms. The van der Waals surface area contributed by atoms with Crippen molar-refractivity contribution < 1.29 is 13.9 Å². The lowest BCUT2D eigenvalue weighted by atomic mass is 9.97. The first-order valence-electron chi connectivity index (χ1n) is 8.59. The van der Waals surface area contributed by atoms with Gasteiger partial charge in [-0.25, -0.2) is 0 Å². The first-order valence-corrected chi connectivity index (χ1v) is 9.38. The topological polar surface area (TPSA) is 56.5 Å². The van der Waals surface area contributed by atoms with Gasteiger partial charge in [-0.2, -0.15) is 0 Å². The van der Waals surface area contributed by atoms with E-state index in [0.29, 0.717) is 27.8 Å². The summed E-state index contributed by atoms with van der Waals surface area (Å²) < 4.78 is 12.1. The standard InChI is InChI=1S/C23H15BrO4/c1-27-17-11-12-18-19(13-17)28-23(15-5-3-2-4-6-15)20(22(18)26)21(25)14-7-9-16(24)10-8-14/h2-13H,1H3. The van der Waals surface area contributed by atoms with E-state index in [4.69, 9.17) is 9.15 Å². The maximum Gasteiger partial charge on any atom is 0.204 e. The van der Waals surface area contributed by atoms with Gasteiger partial charge in [-0.3, -0.25) is 9.59 Å². The van der Waals surface area contributed by atoms with Crippen LogP contribution in [0.25, 0.3) is 22.3 Å². The molecule has 0 aliphatic rings. The van der Waals surface area contributed by atoms with Gasteiger partial charge in [0.15, 0.2) is 0 Å². The number of ether oxygens (including phenoxy) is 1. The highest BCUT2D eigenvalue weighted by Crippen LogP contribution is 2.29. The average Bonchev–Trinajstić information content (AvgIpc) is 2.74. The number of fused-ring (bicyclic) bond motifs is 1. The third kappa shape index (κ3) is 3.25. The number of halogens is 1. The van der Waals surface area contributed by atoms with Gasteiger partial charge in [-0.1, -0.05) is 46.3 Å². The van der Waals surface area contributed by atoms with Crippen LogP contribution in [-0.2, 0) is 0 Å². The zero-order chi connectivity index (χ0) is 19.7.